The molecule has 2 aromatic carbocycles. The molecule has 4 nitrogen and oxygen atoms in total. The maximum atomic E-state index is 12.7. The van der Waals surface area contributed by atoms with E-state index in [0.717, 1.165) is 30.0 Å². The molecule has 1 heterocycles. The number of thiazole rings is 1. The lowest BCUT2D eigenvalue weighted by molar-refractivity contribution is -0.689. The molecule has 0 spiro atoms. The Balaban J connectivity index is 0.00000533. The number of carbonyl (C=O) groups excluding carboxylic acids is 1. The number of aryl methyl sites for hydroxylation is 1. The first-order valence-corrected chi connectivity index (χ1v) is 15.6. The molecule has 6 heteroatoms. The molecule has 0 fully saturated rings. The summed E-state index contributed by atoms with van der Waals surface area (Å²) in [6.45, 7) is 5.94. The molecule has 0 saturated heterocycles. The van der Waals surface area contributed by atoms with Gasteiger partial charge in [0.05, 0.1) is 18.4 Å². The second-order valence-electron chi connectivity index (χ2n) is 10.4. The summed E-state index contributed by atoms with van der Waals surface area (Å²) in [5.41, 5.74) is 6.35. The number of rotatable bonds is 19. The highest BCUT2D eigenvalue weighted by molar-refractivity contribution is 7.07. The van der Waals surface area contributed by atoms with Crippen LogP contribution >= 0.6 is 11.3 Å². The average molecular weight is 616 g/mol. The standard InChI is InChI=1S/C33H46N2O2S.BrH/c1-3-4-5-6-7-8-9-10-11-12-13-16-23-37-32-18-15-14-17-30(32)24-33(36)34-31-21-19-29(20-22-31)25-35-27-38-26-28(35)2;/h14-15,17-22,26-27H,3-13,16,23-25H2,1-2H3;1H. The minimum atomic E-state index is -0.0257. The highest BCUT2D eigenvalue weighted by Crippen LogP contribution is 2.20. The number of amides is 1. The van der Waals surface area contributed by atoms with Gasteiger partial charge in [-0.1, -0.05) is 119 Å². The number of halogens is 1. The molecule has 0 saturated carbocycles. The van der Waals surface area contributed by atoms with Gasteiger partial charge in [-0.05, 0) is 24.6 Å². The molecule has 0 radical (unpaired) electrons. The summed E-state index contributed by atoms with van der Waals surface area (Å²) in [6.07, 6.45) is 16.3. The monoisotopic (exact) mass is 614 g/mol. The van der Waals surface area contributed by atoms with Crippen molar-refractivity contribution in [2.24, 2.45) is 0 Å². The van der Waals surface area contributed by atoms with Crippen LogP contribution in [0.3, 0.4) is 0 Å². The Bertz CT molecular complexity index is 1070. The Kier molecular flexibility index (Phi) is 16.8. The summed E-state index contributed by atoms with van der Waals surface area (Å²) in [7, 11) is 0. The van der Waals surface area contributed by atoms with E-state index in [1.807, 2.05) is 36.4 Å². The molecular weight excluding hydrogens is 568 g/mol. The third kappa shape index (κ3) is 13.1. The van der Waals surface area contributed by atoms with Crippen molar-refractivity contribution >= 4 is 22.9 Å². The Morgan fingerprint density at radius 2 is 1.46 bits per heavy atom. The zero-order valence-corrected chi connectivity index (χ0v) is 26.3. The van der Waals surface area contributed by atoms with Crippen LogP contribution in [0, 0.1) is 6.92 Å². The number of unbranched alkanes of at least 4 members (excludes halogenated alkanes) is 11. The lowest BCUT2D eigenvalue weighted by Crippen LogP contribution is -3.00. The summed E-state index contributed by atoms with van der Waals surface area (Å²) in [5, 5.41) is 5.18. The zero-order chi connectivity index (χ0) is 26.8. The van der Waals surface area contributed by atoms with Gasteiger partial charge in [-0.2, -0.15) is 4.57 Å². The van der Waals surface area contributed by atoms with Crippen LogP contribution in [0.2, 0.25) is 0 Å². The van der Waals surface area contributed by atoms with E-state index in [0.29, 0.717) is 13.0 Å². The summed E-state index contributed by atoms with van der Waals surface area (Å²) in [4.78, 5) is 12.7. The summed E-state index contributed by atoms with van der Waals surface area (Å²) in [5.74, 6) is 0.798. The molecule has 3 aromatic rings. The fourth-order valence-electron chi connectivity index (χ4n) is 4.70. The molecule has 1 N–H and O–H groups in total. The van der Waals surface area contributed by atoms with Gasteiger partial charge in [0.15, 0.2) is 12.2 Å². The number of ether oxygens (including phenoxy) is 1. The third-order valence-electron chi connectivity index (χ3n) is 7.05. The van der Waals surface area contributed by atoms with Gasteiger partial charge in [0.1, 0.15) is 5.75 Å². The second kappa shape index (κ2) is 19.8. The largest absolute Gasteiger partial charge is 1.00 e. The van der Waals surface area contributed by atoms with Crippen LogP contribution in [0.1, 0.15) is 101 Å². The number of hydrogen-bond acceptors (Lipinski definition) is 3. The first kappa shape index (κ1) is 33.0. The van der Waals surface area contributed by atoms with Gasteiger partial charge in [0, 0.05) is 23.7 Å². The van der Waals surface area contributed by atoms with Crippen molar-refractivity contribution in [1.82, 2.24) is 0 Å². The van der Waals surface area contributed by atoms with E-state index in [1.54, 1.807) is 11.3 Å². The van der Waals surface area contributed by atoms with Crippen LogP contribution in [0.15, 0.2) is 59.4 Å². The number of carbonyl (C=O) groups is 1. The number of aromatic nitrogens is 1. The third-order valence-corrected chi connectivity index (χ3v) is 7.90. The van der Waals surface area contributed by atoms with E-state index in [4.69, 9.17) is 4.74 Å². The van der Waals surface area contributed by atoms with Gasteiger partial charge in [0.25, 0.3) is 0 Å². The number of hydrogen-bond donors (Lipinski definition) is 1. The molecule has 0 bridgehead atoms. The topological polar surface area (TPSA) is 42.2 Å². The van der Waals surface area contributed by atoms with Crippen molar-refractivity contribution in [3.05, 3.63) is 76.2 Å². The van der Waals surface area contributed by atoms with Gasteiger partial charge in [-0.3, -0.25) is 4.79 Å². The van der Waals surface area contributed by atoms with Crippen LogP contribution in [0.4, 0.5) is 5.69 Å². The fourth-order valence-corrected chi connectivity index (χ4v) is 5.48. The van der Waals surface area contributed by atoms with Crippen LogP contribution in [-0.4, -0.2) is 12.5 Å². The number of benzene rings is 2. The Labute approximate surface area is 251 Å². The van der Waals surface area contributed by atoms with Gasteiger partial charge in [-0.25, -0.2) is 0 Å². The number of anilines is 1. The molecule has 3 rings (SSSR count). The highest BCUT2D eigenvalue weighted by atomic mass is 79.9. The Morgan fingerprint density at radius 1 is 0.846 bits per heavy atom. The van der Waals surface area contributed by atoms with Crippen LogP contribution < -0.4 is 31.6 Å². The lowest BCUT2D eigenvalue weighted by atomic mass is 10.1. The van der Waals surface area contributed by atoms with Gasteiger partial charge in [-0.15, -0.1) is 0 Å². The van der Waals surface area contributed by atoms with Crippen molar-refractivity contribution in [3.8, 4) is 5.75 Å². The molecular formula is C33H47BrN2O2S. The summed E-state index contributed by atoms with van der Waals surface area (Å²) >= 11 is 1.71. The first-order valence-electron chi connectivity index (χ1n) is 14.7. The number of para-hydroxylation sites is 1. The van der Waals surface area contributed by atoms with E-state index in [9.17, 15) is 4.79 Å². The maximum Gasteiger partial charge on any atom is 0.228 e. The molecule has 0 atom stereocenters. The van der Waals surface area contributed by atoms with Crippen LogP contribution in [-0.2, 0) is 17.8 Å². The predicted octanol–water partition coefficient (Wildman–Crippen LogP) is 5.66. The predicted molar refractivity (Wildman–Crippen MR) is 160 cm³/mol. The minimum Gasteiger partial charge on any atom is -1.00 e. The second-order valence-corrected chi connectivity index (χ2v) is 11.1. The van der Waals surface area contributed by atoms with E-state index in [1.165, 1.54) is 81.9 Å². The summed E-state index contributed by atoms with van der Waals surface area (Å²) < 4.78 is 8.30. The molecule has 0 unspecified atom stereocenters. The fraction of sp³-hybridized carbons (Fsp3) is 0.515. The SMILES string of the molecule is CCCCCCCCCCCCCCOc1ccccc1CC(=O)Nc1ccc(C[n+]2cscc2C)cc1.[Br-]. The Morgan fingerprint density at radius 3 is 2.08 bits per heavy atom. The zero-order valence-electron chi connectivity index (χ0n) is 23.9. The number of nitrogens with zero attached hydrogens (tertiary/aromatic N) is 1. The molecule has 214 valence electrons. The van der Waals surface area contributed by atoms with Gasteiger partial charge in [0.2, 0.25) is 11.4 Å². The van der Waals surface area contributed by atoms with Crippen molar-refractivity contribution in [1.29, 1.82) is 0 Å². The molecule has 1 amide bonds. The van der Waals surface area contributed by atoms with E-state index in [-0.39, 0.29) is 22.9 Å². The van der Waals surface area contributed by atoms with Gasteiger partial charge < -0.3 is 27.0 Å². The van der Waals surface area contributed by atoms with E-state index >= 15 is 0 Å². The van der Waals surface area contributed by atoms with Crippen molar-refractivity contribution < 1.29 is 31.1 Å². The number of nitrogens with one attached hydrogen (secondary N) is 1. The quantitative estimate of drug-likeness (QED) is 0.140. The molecule has 0 aliphatic carbocycles. The molecule has 39 heavy (non-hydrogen) atoms. The molecule has 0 aliphatic rings. The van der Waals surface area contributed by atoms with Crippen molar-refractivity contribution in [2.75, 3.05) is 11.9 Å². The van der Waals surface area contributed by atoms with E-state index in [2.05, 4.69) is 46.8 Å². The smallest absolute Gasteiger partial charge is 0.228 e. The molecule has 1 aromatic heterocycles. The highest BCUT2D eigenvalue weighted by Gasteiger charge is 2.11. The minimum absolute atomic E-state index is 0. The van der Waals surface area contributed by atoms with Crippen LogP contribution in [0.5, 0.6) is 5.75 Å². The van der Waals surface area contributed by atoms with Crippen molar-refractivity contribution in [2.45, 2.75) is 104 Å². The van der Waals surface area contributed by atoms with Crippen LogP contribution in [0.25, 0.3) is 0 Å². The van der Waals surface area contributed by atoms with Gasteiger partial charge >= 0.3 is 0 Å². The molecule has 0 aliphatic heterocycles. The normalized spacial score (nSPS) is 10.7. The average Bonchev–Trinajstić information content (AvgIpc) is 3.32. The summed E-state index contributed by atoms with van der Waals surface area (Å²) in [6, 6.07) is 16.0. The first-order chi connectivity index (χ1) is 18.7. The van der Waals surface area contributed by atoms with Crippen molar-refractivity contribution in [3.63, 3.8) is 0 Å². The maximum absolute atomic E-state index is 12.7. The Hall–Kier alpha value is -2.18. The lowest BCUT2D eigenvalue weighted by Gasteiger charge is -2.12. The van der Waals surface area contributed by atoms with E-state index < -0.39 is 0 Å².